The number of aromatic nitrogens is 4. The standard InChI is InChI=1S/C19H18ClN7O3S/c1-11(17(29)22-23-18(30)13-5-3-6-14(20)9-13)31-19-24-25-26-27(19)16-8-4-7-15(10-16)21-12(2)28/h3-11H,1-2H3,(H,21,28)(H,22,29)(H,23,30). The van der Waals surface area contributed by atoms with Crippen LogP contribution in [0, 0.1) is 0 Å². The number of hydrazine groups is 1. The maximum Gasteiger partial charge on any atom is 0.269 e. The van der Waals surface area contributed by atoms with E-state index in [9.17, 15) is 14.4 Å². The summed E-state index contributed by atoms with van der Waals surface area (Å²) < 4.78 is 1.45. The van der Waals surface area contributed by atoms with Gasteiger partial charge in [0.05, 0.1) is 10.9 Å². The first-order chi connectivity index (χ1) is 14.8. The second-order valence-electron chi connectivity index (χ2n) is 6.32. The Bertz CT molecular complexity index is 1120. The van der Waals surface area contributed by atoms with Gasteiger partial charge >= 0.3 is 0 Å². The number of tetrazole rings is 1. The van der Waals surface area contributed by atoms with Gasteiger partial charge in [0.15, 0.2) is 0 Å². The van der Waals surface area contributed by atoms with Crippen LogP contribution in [0.1, 0.15) is 24.2 Å². The Morgan fingerprint density at radius 3 is 2.61 bits per heavy atom. The fourth-order valence-corrected chi connectivity index (χ4v) is 3.46. The van der Waals surface area contributed by atoms with Crippen LogP contribution in [0.5, 0.6) is 0 Å². The lowest BCUT2D eigenvalue weighted by molar-refractivity contribution is -0.121. The number of benzene rings is 2. The summed E-state index contributed by atoms with van der Waals surface area (Å²) in [4.78, 5) is 35.8. The predicted molar refractivity (Wildman–Crippen MR) is 116 cm³/mol. The van der Waals surface area contributed by atoms with Crippen LogP contribution in [-0.4, -0.2) is 43.2 Å². The highest BCUT2D eigenvalue weighted by Crippen LogP contribution is 2.24. The van der Waals surface area contributed by atoms with Crippen LogP contribution < -0.4 is 16.2 Å². The number of anilines is 1. The van der Waals surface area contributed by atoms with Crippen molar-refractivity contribution in [2.75, 3.05) is 5.32 Å². The molecule has 0 fully saturated rings. The number of rotatable bonds is 6. The highest BCUT2D eigenvalue weighted by atomic mass is 35.5. The van der Waals surface area contributed by atoms with E-state index in [1.807, 2.05) is 0 Å². The molecule has 0 bridgehead atoms. The zero-order chi connectivity index (χ0) is 22.4. The molecule has 12 heteroatoms. The molecule has 0 spiro atoms. The minimum atomic E-state index is -0.622. The molecule has 1 unspecified atom stereocenters. The van der Waals surface area contributed by atoms with Crippen LogP contribution in [0.3, 0.4) is 0 Å². The summed E-state index contributed by atoms with van der Waals surface area (Å²) in [5.74, 6) is -1.14. The van der Waals surface area contributed by atoms with E-state index in [1.54, 1.807) is 49.4 Å². The molecular formula is C19H18ClN7O3S. The first kappa shape index (κ1) is 22.2. The van der Waals surface area contributed by atoms with Gasteiger partial charge in [0.25, 0.3) is 11.8 Å². The third kappa shape index (κ3) is 6.03. The molecule has 1 heterocycles. The second kappa shape index (κ2) is 10.0. The van der Waals surface area contributed by atoms with Gasteiger partial charge in [0.2, 0.25) is 11.1 Å². The molecule has 0 aliphatic carbocycles. The van der Waals surface area contributed by atoms with Gasteiger partial charge < -0.3 is 5.32 Å². The van der Waals surface area contributed by atoms with Crippen molar-refractivity contribution >= 4 is 46.8 Å². The number of carbonyl (C=O) groups is 3. The van der Waals surface area contributed by atoms with Crippen molar-refractivity contribution in [2.45, 2.75) is 24.3 Å². The molecule has 31 heavy (non-hydrogen) atoms. The molecule has 0 saturated carbocycles. The van der Waals surface area contributed by atoms with Gasteiger partial charge in [0.1, 0.15) is 0 Å². The third-order valence-electron chi connectivity index (χ3n) is 3.89. The number of hydrogen-bond donors (Lipinski definition) is 3. The first-order valence-corrected chi connectivity index (χ1v) is 10.3. The number of halogens is 1. The topological polar surface area (TPSA) is 131 Å². The molecular weight excluding hydrogens is 442 g/mol. The normalized spacial score (nSPS) is 11.5. The van der Waals surface area contributed by atoms with Crippen molar-refractivity contribution in [3.8, 4) is 5.69 Å². The summed E-state index contributed by atoms with van der Waals surface area (Å²) in [6.45, 7) is 3.06. The molecule has 0 saturated heterocycles. The minimum absolute atomic E-state index is 0.200. The average Bonchev–Trinajstić information content (AvgIpc) is 3.19. The third-order valence-corrected chi connectivity index (χ3v) is 5.16. The zero-order valence-electron chi connectivity index (χ0n) is 16.5. The van der Waals surface area contributed by atoms with Gasteiger partial charge in [-0.25, -0.2) is 0 Å². The molecule has 10 nitrogen and oxygen atoms in total. The summed E-state index contributed by atoms with van der Waals surface area (Å²) in [5.41, 5.74) is 6.24. The van der Waals surface area contributed by atoms with Crippen LogP contribution in [0.4, 0.5) is 5.69 Å². The molecule has 160 valence electrons. The van der Waals surface area contributed by atoms with E-state index >= 15 is 0 Å². The number of amides is 3. The SMILES string of the molecule is CC(=O)Nc1cccc(-n2nnnc2SC(C)C(=O)NNC(=O)c2cccc(Cl)c2)c1. The van der Waals surface area contributed by atoms with Crippen LogP contribution in [-0.2, 0) is 9.59 Å². The van der Waals surface area contributed by atoms with E-state index in [0.717, 1.165) is 11.8 Å². The fourth-order valence-electron chi connectivity index (χ4n) is 2.47. The minimum Gasteiger partial charge on any atom is -0.326 e. The smallest absolute Gasteiger partial charge is 0.269 e. The lowest BCUT2D eigenvalue weighted by atomic mass is 10.2. The highest BCUT2D eigenvalue weighted by Gasteiger charge is 2.20. The average molecular weight is 460 g/mol. The van der Waals surface area contributed by atoms with E-state index in [-0.39, 0.29) is 5.91 Å². The Balaban J connectivity index is 1.63. The van der Waals surface area contributed by atoms with Gasteiger partial charge in [-0.1, -0.05) is 35.5 Å². The van der Waals surface area contributed by atoms with Crippen molar-refractivity contribution < 1.29 is 14.4 Å². The lowest BCUT2D eigenvalue weighted by Crippen LogP contribution is -2.45. The Hall–Kier alpha value is -3.44. The number of thioether (sulfide) groups is 1. The molecule has 0 aliphatic heterocycles. The van der Waals surface area contributed by atoms with Crippen molar-refractivity contribution in [2.24, 2.45) is 0 Å². The largest absolute Gasteiger partial charge is 0.326 e. The molecule has 1 atom stereocenters. The second-order valence-corrected chi connectivity index (χ2v) is 8.06. The molecule has 3 N–H and O–H groups in total. The Kier molecular flexibility index (Phi) is 7.21. The fraction of sp³-hybridized carbons (Fsp3) is 0.158. The van der Waals surface area contributed by atoms with Gasteiger partial charge in [0, 0.05) is 23.2 Å². The first-order valence-electron chi connectivity index (χ1n) is 9.02. The van der Waals surface area contributed by atoms with Gasteiger partial charge in [-0.05, 0) is 53.7 Å². The lowest BCUT2D eigenvalue weighted by Gasteiger charge is -2.13. The van der Waals surface area contributed by atoms with Crippen molar-refractivity contribution in [1.82, 2.24) is 31.1 Å². The summed E-state index contributed by atoms with van der Waals surface area (Å²) in [5, 5.41) is 14.4. The van der Waals surface area contributed by atoms with Gasteiger partial charge in [-0.15, -0.1) is 5.10 Å². The van der Waals surface area contributed by atoms with Crippen molar-refractivity contribution in [3.63, 3.8) is 0 Å². The summed E-state index contributed by atoms with van der Waals surface area (Å²) >= 11 is 6.97. The Labute approximate surface area is 186 Å². The van der Waals surface area contributed by atoms with Crippen LogP contribution in [0.2, 0.25) is 5.02 Å². The van der Waals surface area contributed by atoms with E-state index in [0.29, 0.717) is 27.1 Å². The number of nitrogens with zero attached hydrogens (tertiary/aromatic N) is 4. The van der Waals surface area contributed by atoms with Gasteiger partial charge in [-0.3, -0.25) is 25.2 Å². The molecule has 0 aliphatic rings. The number of carbonyl (C=O) groups excluding carboxylic acids is 3. The Morgan fingerprint density at radius 2 is 1.87 bits per heavy atom. The van der Waals surface area contributed by atoms with Crippen LogP contribution in [0.25, 0.3) is 5.69 Å². The maximum absolute atomic E-state index is 12.4. The van der Waals surface area contributed by atoms with Crippen molar-refractivity contribution in [3.05, 3.63) is 59.1 Å². The summed E-state index contributed by atoms with van der Waals surface area (Å²) in [7, 11) is 0. The molecule has 3 amide bonds. The maximum atomic E-state index is 12.4. The van der Waals surface area contributed by atoms with E-state index < -0.39 is 17.1 Å². The van der Waals surface area contributed by atoms with Crippen LogP contribution >= 0.6 is 23.4 Å². The zero-order valence-corrected chi connectivity index (χ0v) is 18.1. The summed E-state index contributed by atoms with van der Waals surface area (Å²) in [6.07, 6.45) is 0. The van der Waals surface area contributed by atoms with E-state index in [4.69, 9.17) is 11.6 Å². The predicted octanol–water partition coefficient (Wildman–Crippen LogP) is 2.22. The Morgan fingerprint density at radius 1 is 1.10 bits per heavy atom. The number of nitrogens with one attached hydrogen (secondary N) is 3. The highest BCUT2D eigenvalue weighted by molar-refractivity contribution is 8.00. The molecule has 2 aromatic carbocycles. The van der Waals surface area contributed by atoms with Crippen molar-refractivity contribution in [1.29, 1.82) is 0 Å². The molecule has 1 aromatic heterocycles. The molecule has 3 rings (SSSR count). The van der Waals surface area contributed by atoms with Crippen LogP contribution in [0.15, 0.2) is 53.7 Å². The van der Waals surface area contributed by atoms with Gasteiger partial charge in [-0.2, -0.15) is 4.68 Å². The monoisotopic (exact) mass is 459 g/mol. The van der Waals surface area contributed by atoms with E-state index in [2.05, 4.69) is 31.7 Å². The quantitative estimate of drug-likeness (QED) is 0.380. The molecule has 0 radical (unpaired) electrons. The molecule has 3 aromatic rings. The van der Waals surface area contributed by atoms with E-state index in [1.165, 1.54) is 17.7 Å². The summed E-state index contributed by atoms with van der Waals surface area (Å²) in [6, 6.07) is 13.3. The number of hydrogen-bond acceptors (Lipinski definition) is 7.